The van der Waals surface area contributed by atoms with Crippen molar-refractivity contribution in [2.24, 2.45) is 10.9 Å². The van der Waals surface area contributed by atoms with E-state index in [9.17, 15) is 0 Å². The first-order valence-corrected chi connectivity index (χ1v) is 5.28. The highest BCUT2D eigenvalue weighted by Gasteiger charge is 2.20. The Morgan fingerprint density at radius 1 is 1.46 bits per heavy atom. The van der Waals surface area contributed by atoms with Crippen LogP contribution in [0.1, 0.15) is 32.6 Å². The predicted octanol–water partition coefficient (Wildman–Crippen LogP) is 1.54. The zero-order chi connectivity index (χ0) is 9.10. The lowest BCUT2D eigenvalue weighted by Crippen LogP contribution is -2.38. The summed E-state index contributed by atoms with van der Waals surface area (Å²) in [6.45, 7) is 3.90. The van der Waals surface area contributed by atoms with Crippen LogP contribution in [0.2, 0.25) is 0 Å². The minimum absolute atomic E-state index is 0.598. The molecule has 0 aromatic carbocycles. The summed E-state index contributed by atoms with van der Waals surface area (Å²) in [5.74, 6) is 0.855. The summed E-state index contributed by atoms with van der Waals surface area (Å²) in [5, 5.41) is 3.38. The van der Waals surface area contributed by atoms with E-state index in [1.165, 1.54) is 25.7 Å². The van der Waals surface area contributed by atoms with Crippen LogP contribution in [0.25, 0.3) is 0 Å². The quantitative estimate of drug-likeness (QED) is 0.667. The van der Waals surface area contributed by atoms with Crippen molar-refractivity contribution in [3.63, 3.8) is 0 Å². The second-order valence-electron chi connectivity index (χ2n) is 4.15. The van der Waals surface area contributed by atoms with Crippen molar-refractivity contribution < 1.29 is 4.74 Å². The molecule has 1 aliphatic carbocycles. The van der Waals surface area contributed by atoms with Gasteiger partial charge in [-0.05, 0) is 18.8 Å². The smallest absolute Gasteiger partial charge is 0.285 e. The molecule has 3 heteroatoms. The summed E-state index contributed by atoms with van der Waals surface area (Å²) >= 11 is 0. The molecule has 0 radical (unpaired) electrons. The molecule has 0 amide bonds. The molecule has 0 aromatic rings. The van der Waals surface area contributed by atoms with Gasteiger partial charge in [0, 0.05) is 6.04 Å². The van der Waals surface area contributed by atoms with Gasteiger partial charge in [0.2, 0.25) is 0 Å². The predicted molar refractivity (Wildman–Crippen MR) is 52.8 cm³/mol. The largest absolute Gasteiger partial charge is 0.463 e. The maximum Gasteiger partial charge on any atom is 0.285 e. The van der Waals surface area contributed by atoms with E-state index < -0.39 is 0 Å². The summed E-state index contributed by atoms with van der Waals surface area (Å²) in [7, 11) is 0. The number of aliphatic imine (C=N–C) groups is 1. The fourth-order valence-electron chi connectivity index (χ4n) is 2.16. The second-order valence-corrected chi connectivity index (χ2v) is 4.15. The molecule has 2 unspecified atom stereocenters. The number of rotatable bonds is 1. The van der Waals surface area contributed by atoms with Crippen molar-refractivity contribution in [3.05, 3.63) is 0 Å². The van der Waals surface area contributed by atoms with Crippen LogP contribution < -0.4 is 5.32 Å². The Labute approximate surface area is 79.6 Å². The van der Waals surface area contributed by atoms with Crippen LogP contribution in [0.15, 0.2) is 4.99 Å². The molecule has 74 valence electrons. The number of hydrogen-bond acceptors (Lipinski definition) is 3. The van der Waals surface area contributed by atoms with Gasteiger partial charge in [0.15, 0.2) is 0 Å². The van der Waals surface area contributed by atoms with E-state index in [1.807, 2.05) is 0 Å². The van der Waals surface area contributed by atoms with Crippen LogP contribution in [0, 0.1) is 5.92 Å². The summed E-state index contributed by atoms with van der Waals surface area (Å²) < 4.78 is 5.33. The van der Waals surface area contributed by atoms with Gasteiger partial charge >= 0.3 is 0 Å². The van der Waals surface area contributed by atoms with Gasteiger partial charge in [-0.25, -0.2) is 4.99 Å². The monoisotopic (exact) mass is 182 g/mol. The van der Waals surface area contributed by atoms with Crippen LogP contribution >= 0.6 is 0 Å². The molecule has 0 spiro atoms. The molecule has 1 fully saturated rings. The minimum atomic E-state index is 0.598. The van der Waals surface area contributed by atoms with Crippen LogP contribution in [0.4, 0.5) is 0 Å². The number of ether oxygens (including phenoxy) is 1. The van der Waals surface area contributed by atoms with Gasteiger partial charge in [-0.3, -0.25) is 0 Å². The molecular formula is C10H18N2O. The molecular weight excluding hydrogens is 164 g/mol. The SMILES string of the molecule is CC1CCCC(NC2=NCCO2)C1. The third-order valence-electron chi connectivity index (χ3n) is 2.85. The lowest BCUT2D eigenvalue weighted by atomic mass is 9.87. The van der Waals surface area contributed by atoms with Crippen molar-refractivity contribution in [1.82, 2.24) is 5.32 Å². The molecule has 0 saturated heterocycles. The zero-order valence-electron chi connectivity index (χ0n) is 8.25. The third kappa shape index (κ3) is 2.36. The number of amidine groups is 1. The summed E-state index contributed by atoms with van der Waals surface area (Å²) in [5.41, 5.74) is 0. The van der Waals surface area contributed by atoms with E-state index in [1.54, 1.807) is 0 Å². The zero-order valence-corrected chi connectivity index (χ0v) is 8.25. The molecule has 1 N–H and O–H groups in total. The van der Waals surface area contributed by atoms with E-state index in [0.717, 1.165) is 25.1 Å². The normalized spacial score (nSPS) is 33.8. The Morgan fingerprint density at radius 3 is 3.08 bits per heavy atom. The van der Waals surface area contributed by atoms with Crippen molar-refractivity contribution in [2.75, 3.05) is 13.2 Å². The maximum absolute atomic E-state index is 5.33. The van der Waals surface area contributed by atoms with E-state index in [0.29, 0.717) is 6.04 Å². The number of hydrogen-bond donors (Lipinski definition) is 1. The standard InChI is InChI=1S/C10H18N2O/c1-8-3-2-4-9(7-8)12-10-11-5-6-13-10/h8-9H,2-7H2,1H3,(H,11,12). The average molecular weight is 182 g/mol. The van der Waals surface area contributed by atoms with E-state index in [-0.39, 0.29) is 0 Å². The summed E-state index contributed by atoms with van der Waals surface area (Å²) in [6.07, 6.45) is 5.26. The van der Waals surface area contributed by atoms with Crippen LogP contribution in [0.5, 0.6) is 0 Å². The van der Waals surface area contributed by atoms with Crippen LogP contribution in [0.3, 0.4) is 0 Å². The summed E-state index contributed by atoms with van der Waals surface area (Å²) in [4.78, 5) is 4.24. The maximum atomic E-state index is 5.33. The Kier molecular flexibility index (Phi) is 2.71. The molecule has 3 nitrogen and oxygen atoms in total. The highest BCUT2D eigenvalue weighted by Crippen LogP contribution is 2.23. The van der Waals surface area contributed by atoms with E-state index in [4.69, 9.17) is 4.74 Å². The first kappa shape index (κ1) is 8.85. The first-order valence-electron chi connectivity index (χ1n) is 5.28. The van der Waals surface area contributed by atoms with Crippen LogP contribution in [-0.4, -0.2) is 25.2 Å². The molecule has 1 heterocycles. The van der Waals surface area contributed by atoms with E-state index in [2.05, 4.69) is 17.2 Å². The Morgan fingerprint density at radius 2 is 2.38 bits per heavy atom. The molecule has 0 aromatic heterocycles. The lowest BCUT2D eigenvalue weighted by molar-refractivity contribution is 0.288. The molecule has 1 saturated carbocycles. The van der Waals surface area contributed by atoms with Gasteiger partial charge < -0.3 is 10.1 Å². The van der Waals surface area contributed by atoms with Crippen molar-refractivity contribution in [1.29, 1.82) is 0 Å². The van der Waals surface area contributed by atoms with E-state index >= 15 is 0 Å². The van der Waals surface area contributed by atoms with Crippen molar-refractivity contribution in [2.45, 2.75) is 38.6 Å². The van der Waals surface area contributed by atoms with Gasteiger partial charge in [0.05, 0.1) is 6.54 Å². The third-order valence-corrected chi connectivity index (χ3v) is 2.85. The lowest BCUT2D eigenvalue weighted by Gasteiger charge is -2.27. The van der Waals surface area contributed by atoms with Gasteiger partial charge in [-0.1, -0.05) is 19.8 Å². The van der Waals surface area contributed by atoms with Crippen molar-refractivity contribution >= 4 is 6.02 Å². The minimum Gasteiger partial charge on any atom is -0.463 e. The molecule has 2 aliphatic rings. The molecule has 2 atom stereocenters. The van der Waals surface area contributed by atoms with Crippen molar-refractivity contribution in [3.8, 4) is 0 Å². The van der Waals surface area contributed by atoms with Gasteiger partial charge in [0.1, 0.15) is 6.61 Å². The van der Waals surface area contributed by atoms with Gasteiger partial charge in [0.25, 0.3) is 6.02 Å². The fourth-order valence-corrected chi connectivity index (χ4v) is 2.16. The summed E-state index contributed by atoms with van der Waals surface area (Å²) in [6, 6.07) is 1.37. The first-order chi connectivity index (χ1) is 6.34. The highest BCUT2D eigenvalue weighted by atomic mass is 16.5. The van der Waals surface area contributed by atoms with Gasteiger partial charge in [-0.2, -0.15) is 0 Å². The highest BCUT2D eigenvalue weighted by molar-refractivity contribution is 5.75. The number of nitrogens with one attached hydrogen (secondary N) is 1. The Balaban J connectivity index is 1.80. The topological polar surface area (TPSA) is 33.6 Å². The molecule has 0 bridgehead atoms. The molecule has 2 rings (SSSR count). The number of nitrogens with zero attached hydrogens (tertiary/aromatic N) is 1. The molecule has 1 aliphatic heterocycles. The fraction of sp³-hybridized carbons (Fsp3) is 0.900. The second kappa shape index (κ2) is 3.99. The van der Waals surface area contributed by atoms with Crippen LogP contribution in [-0.2, 0) is 4.74 Å². The average Bonchev–Trinajstić information content (AvgIpc) is 2.57. The Bertz CT molecular complexity index is 203. The van der Waals surface area contributed by atoms with Gasteiger partial charge in [-0.15, -0.1) is 0 Å². The Hall–Kier alpha value is -0.730. The molecule has 13 heavy (non-hydrogen) atoms.